The van der Waals surface area contributed by atoms with Crippen LogP contribution in [0, 0.1) is 0 Å². The molecule has 1 saturated heterocycles. The zero-order chi connectivity index (χ0) is 15.1. The Morgan fingerprint density at radius 2 is 1.90 bits per heavy atom. The fourth-order valence-electron chi connectivity index (χ4n) is 2.27. The lowest BCUT2D eigenvalue weighted by Gasteiger charge is -2.34. The molecule has 0 aliphatic carbocycles. The minimum Gasteiger partial charge on any atom is -0.497 e. The summed E-state index contributed by atoms with van der Waals surface area (Å²) >= 11 is 1.55. The van der Waals surface area contributed by atoms with E-state index in [1.54, 1.807) is 18.9 Å². The van der Waals surface area contributed by atoms with Crippen LogP contribution in [0.1, 0.15) is 0 Å². The van der Waals surface area contributed by atoms with Gasteiger partial charge >= 0.3 is 0 Å². The Labute approximate surface area is 129 Å². The van der Waals surface area contributed by atoms with Gasteiger partial charge in [0.25, 0.3) is 0 Å². The minimum atomic E-state index is 0.180. The van der Waals surface area contributed by atoms with Crippen LogP contribution in [0.25, 0.3) is 0 Å². The Bertz CT molecular complexity index is 445. The number of piperazine rings is 1. The molecule has 116 valence electrons. The highest BCUT2D eigenvalue weighted by Gasteiger charge is 2.20. The Morgan fingerprint density at radius 3 is 2.48 bits per heavy atom. The number of benzene rings is 1. The highest BCUT2D eigenvalue weighted by atomic mass is 32.2. The molecular weight excluding hydrogens is 288 g/mol. The molecule has 0 aromatic heterocycles. The number of hydrogen-bond acceptors (Lipinski definition) is 5. The van der Waals surface area contributed by atoms with Crippen molar-refractivity contribution in [1.29, 1.82) is 0 Å². The normalized spacial score (nSPS) is 16.0. The van der Waals surface area contributed by atoms with Gasteiger partial charge in [0.05, 0.1) is 19.5 Å². The molecule has 21 heavy (non-hydrogen) atoms. The third-order valence-electron chi connectivity index (χ3n) is 3.56. The van der Waals surface area contributed by atoms with Crippen LogP contribution in [0.2, 0.25) is 0 Å². The topological polar surface area (TPSA) is 53.0 Å². The van der Waals surface area contributed by atoms with E-state index in [-0.39, 0.29) is 12.5 Å². The van der Waals surface area contributed by atoms with Gasteiger partial charge in [-0.3, -0.25) is 9.69 Å². The molecule has 1 N–H and O–H groups in total. The molecule has 1 fully saturated rings. The molecule has 5 nitrogen and oxygen atoms in total. The minimum absolute atomic E-state index is 0.180. The number of ether oxygens (including phenoxy) is 1. The van der Waals surface area contributed by atoms with E-state index in [0.717, 1.165) is 36.8 Å². The third-order valence-corrected chi connectivity index (χ3v) is 4.56. The van der Waals surface area contributed by atoms with Gasteiger partial charge in [-0.25, -0.2) is 0 Å². The second-order valence-electron chi connectivity index (χ2n) is 4.91. The SMILES string of the molecule is COc1ccc(SCC(=O)N2CCN(CCO)CC2)cc1. The molecule has 1 heterocycles. The van der Waals surface area contributed by atoms with E-state index >= 15 is 0 Å². The van der Waals surface area contributed by atoms with E-state index in [4.69, 9.17) is 9.84 Å². The van der Waals surface area contributed by atoms with Gasteiger partial charge in [-0.15, -0.1) is 11.8 Å². The zero-order valence-corrected chi connectivity index (χ0v) is 13.1. The smallest absolute Gasteiger partial charge is 0.233 e. The average Bonchev–Trinajstić information content (AvgIpc) is 2.54. The molecule has 0 atom stereocenters. The first-order valence-electron chi connectivity index (χ1n) is 7.11. The fourth-order valence-corrected chi connectivity index (χ4v) is 3.07. The van der Waals surface area contributed by atoms with Gasteiger partial charge in [-0.1, -0.05) is 0 Å². The van der Waals surface area contributed by atoms with Crippen molar-refractivity contribution < 1.29 is 14.6 Å². The number of amides is 1. The van der Waals surface area contributed by atoms with Crippen molar-refractivity contribution in [3.63, 3.8) is 0 Å². The van der Waals surface area contributed by atoms with Crippen LogP contribution >= 0.6 is 11.8 Å². The number of hydrogen-bond donors (Lipinski definition) is 1. The molecule has 1 aromatic carbocycles. The number of thioether (sulfide) groups is 1. The van der Waals surface area contributed by atoms with E-state index in [2.05, 4.69) is 4.90 Å². The number of nitrogens with zero attached hydrogens (tertiary/aromatic N) is 2. The fraction of sp³-hybridized carbons (Fsp3) is 0.533. The highest BCUT2D eigenvalue weighted by molar-refractivity contribution is 8.00. The second kappa shape index (κ2) is 8.26. The van der Waals surface area contributed by atoms with Crippen molar-refractivity contribution >= 4 is 17.7 Å². The molecular formula is C15H22N2O3S. The Kier molecular flexibility index (Phi) is 6.35. The van der Waals surface area contributed by atoms with Gasteiger partial charge in [-0.05, 0) is 24.3 Å². The van der Waals surface area contributed by atoms with Gasteiger partial charge in [0.1, 0.15) is 5.75 Å². The molecule has 1 amide bonds. The van der Waals surface area contributed by atoms with Gasteiger partial charge in [0, 0.05) is 37.6 Å². The maximum atomic E-state index is 12.2. The van der Waals surface area contributed by atoms with Crippen LogP contribution < -0.4 is 4.74 Å². The second-order valence-corrected chi connectivity index (χ2v) is 5.96. The van der Waals surface area contributed by atoms with E-state index in [9.17, 15) is 4.79 Å². The Balaban J connectivity index is 1.74. The number of methoxy groups -OCH3 is 1. The Hall–Kier alpha value is -1.24. The van der Waals surface area contributed by atoms with Gasteiger partial charge in [0.15, 0.2) is 0 Å². The summed E-state index contributed by atoms with van der Waals surface area (Å²) in [5, 5.41) is 8.91. The van der Waals surface area contributed by atoms with Crippen molar-refractivity contribution in [1.82, 2.24) is 9.80 Å². The molecule has 0 unspecified atom stereocenters. The molecule has 6 heteroatoms. The molecule has 1 aromatic rings. The standard InChI is InChI=1S/C15H22N2O3S/c1-20-13-2-4-14(5-3-13)21-12-15(19)17-8-6-16(7-9-17)10-11-18/h2-5,18H,6-12H2,1H3. The summed E-state index contributed by atoms with van der Waals surface area (Å²) in [6.45, 7) is 4.08. The summed E-state index contributed by atoms with van der Waals surface area (Å²) < 4.78 is 5.11. The highest BCUT2D eigenvalue weighted by Crippen LogP contribution is 2.21. The van der Waals surface area contributed by atoms with E-state index in [1.165, 1.54) is 0 Å². The summed E-state index contributed by atoms with van der Waals surface area (Å²) in [4.78, 5) is 17.3. The van der Waals surface area contributed by atoms with Crippen LogP contribution in [0.4, 0.5) is 0 Å². The molecule has 0 spiro atoms. The Morgan fingerprint density at radius 1 is 1.24 bits per heavy atom. The van der Waals surface area contributed by atoms with Crippen LogP contribution in [-0.2, 0) is 4.79 Å². The molecule has 1 aliphatic rings. The summed E-state index contributed by atoms with van der Waals surface area (Å²) in [5.41, 5.74) is 0. The van der Waals surface area contributed by atoms with Crippen LogP contribution in [0.5, 0.6) is 5.75 Å². The van der Waals surface area contributed by atoms with Crippen molar-refractivity contribution in [3.8, 4) is 5.75 Å². The number of carbonyl (C=O) groups excluding carboxylic acids is 1. The number of aliphatic hydroxyl groups is 1. The average molecular weight is 310 g/mol. The van der Waals surface area contributed by atoms with Crippen molar-refractivity contribution in [2.75, 3.05) is 52.2 Å². The van der Waals surface area contributed by atoms with Crippen LogP contribution in [0.15, 0.2) is 29.2 Å². The zero-order valence-electron chi connectivity index (χ0n) is 12.3. The first-order valence-corrected chi connectivity index (χ1v) is 8.09. The summed E-state index contributed by atoms with van der Waals surface area (Å²) in [7, 11) is 1.64. The van der Waals surface area contributed by atoms with Gasteiger partial charge < -0.3 is 14.7 Å². The lowest BCUT2D eigenvalue weighted by molar-refractivity contribution is -0.130. The van der Waals surface area contributed by atoms with Crippen LogP contribution in [0.3, 0.4) is 0 Å². The quantitative estimate of drug-likeness (QED) is 0.792. The summed E-state index contributed by atoms with van der Waals surface area (Å²) in [5.74, 6) is 1.47. The summed E-state index contributed by atoms with van der Waals surface area (Å²) in [6.07, 6.45) is 0. The molecule has 0 saturated carbocycles. The largest absolute Gasteiger partial charge is 0.497 e. The monoisotopic (exact) mass is 310 g/mol. The number of β-amino-alcohol motifs (C(OH)–C–C–N with tert-alkyl or cyclic N) is 1. The number of aliphatic hydroxyl groups excluding tert-OH is 1. The maximum absolute atomic E-state index is 12.2. The van der Waals surface area contributed by atoms with E-state index in [0.29, 0.717) is 12.3 Å². The maximum Gasteiger partial charge on any atom is 0.233 e. The van der Waals surface area contributed by atoms with Crippen molar-refractivity contribution in [3.05, 3.63) is 24.3 Å². The van der Waals surface area contributed by atoms with Crippen molar-refractivity contribution in [2.24, 2.45) is 0 Å². The van der Waals surface area contributed by atoms with E-state index in [1.807, 2.05) is 29.2 Å². The lowest BCUT2D eigenvalue weighted by atomic mass is 10.3. The third kappa shape index (κ3) is 4.91. The van der Waals surface area contributed by atoms with Gasteiger partial charge in [-0.2, -0.15) is 0 Å². The van der Waals surface area contributed by atoms with E-state index < -0.39 is 0 Å². The van der Waals surface area contributed by atoms with Gasteiger partial charge in [0.2, 0.25) is 5.91 Å². The number of rotatable bonds is 6. The lowest BCUT2D eigenvalue weighted by Crippen LogP contribution is -2.49. The summed E-state index contributed by atoms with van der Waals surface area (Å²) in [6, 6.07) is 7.74. The first-order chi connectivity index (χ1) is 10.2. The predicted molar refractivity (Wildman–Crippen MR) is 83.8 cm³/mol. The number of carbonyl (C=O) groups is 1. The molecule has 1 aliphatic heterocycles. The molecule has 2 rings (SSSR count). The molecule has 0 radical (unpaired) electrons. The van der Waals surface area contributed by atoms with Crippen molar-refractivity contribution in [2.45, 2.75) is 4.90 Å². The first kappa shape index (κ1) is 16.1. The molecule has 0 bridgehead atoms. The predicted octanol–water partition coefficient (Wildman–Crippen LogP) is 0.924. The van der Waals surface area contributed by atoms with Crippen LogP contribution in [-0.4, -0.2) is 73.0 Å².